The predicted octanol–water partition coefficient (Wildman–Crippen LogP) is 4.58. The van der Waals surface area contributed by atoms with Crippen LogP contribution in [-0.4, -0.2) is 18.4 Å². The SMILES string of the molecule is O=C(NCCCc1ccccc1)c1cccc(C(=O)Nc2c(F)cccc2F)c1. The minimum Gasteiger partial charge on any atom is -0.352 e. The van der Waals surface area contributed by atoms with Gasteiger partial charge in [-0.1, -0.05) is 42.5 Å². The summed E-state index contributed by atoms with van der Waals surface area (Å²) in [6, 6.07) is 19.3. The zero-order valence-corrected chi connectivity index (χ0v) is 15.6. The highest BCUT2D eigenvalue weighted by molar-refractivity contribution is 6.06. The Morgan fingerprint density at radius 2 is 1.38 bits per heavy atom. The Balaban J connectivity index is 1.58. The predicted molar refractivity (Wildman–Crippen MR) is 108 cm³/mol. The molecule has 0 fully saturated rings. The fourth-order valence-corrected chi connectivity index (χ4v) is 2.85. The lowest BCUT2D eigenvalue weighted by Gasteiger charge is -2.09. The average molecular weight is 394 g/mol. The third-order valence-electron chi connectivity index (χ3n) is 4.36. The molecule has 3 aromatic carbocycles. The Bertz CT molecular complexity index is 987. The summed E-state index contributed by atoms with van der Waals surface area (Å²) in [5.41, 5.74) is 1.10. The van der Waals surface area contributed by atoms with Gasteiger partial charge < -0.3 is 10.6 Å². The van der Waals surface area contributed by atoms with Crippen molar-refractivity contribution in [2.45, 2.75) is 12.8 Å². The van der Waals surface area contributed by atoms with E-state index in [1.807, 2.05) is 30.3 Å². The first-order chi connectivity index (χ1) is 14.0. The summed E-state index contributed by atoms with van der Waals surface area (Å²) in [4.78, 5) is 24.7. The van der Waals surface area contributed by atoms with Gasteiger partial charge in [-0.25, -0.2) is 8.78 Å². The van der Waals surface area contributed by atoms with E-state index in [2.05, 4.69) is 10.6 Å². The Kier molecular flexibility index (Phi) is 6.68. The Labute approximate surface area is 167 Å². The zero-order chi connectivity index (χ0) is 20.6. The van der Waals surface area contributed by atoms with Gasteiger partial charge in [0.2, 0.25) is 0 Å². The quantitative estimate of drug-likeness (QED) is 0.577. The van der Waals surface area contributed by atoms with Gasteiger partial charge in [-0.05, 0) is 48.7 Å². The summed E-state index contributed by atoms with van der Waals surface area (Å²) >= 11 is 0. The average Bonchev–Trinajstić information content (AvgIpc) is 2.74. The van der Waals surface area contributed by atoms with Crippen molar-refractivity contribution < 1.29 is 18.4 Å². The number of hydrogen-bond donors (Lipinski definition) is 2. The van der Waals surface area contributed by atoms with Gasteiger partial charge >= 0.3 is 0 Å². The van der Waals surface area contributed by atoms with E-state index in [1.54, 1.807) is 12.1 Å². The molecule has 0 unspecified atom stereocenters. The van der Waals surface area contributed by atoms with Gasteiger partial charge in [0.25, 0.3) is 11.8 Å². The molecular weight excluding hydrogens is 374 g/mol. The molecule has 0 aromatic heterocycles. The highest BCUT2D eigenvalue weighted by atomic mass is 19.1. The number of rotatable bonds is 7. The maximum Gasteiger partial charge on any atom is 0.255 e. The maximum absolute atomic E-state index is 13.7. The summed E-state index contributed by atoms with van der Waals surface area (Å²) in [5, 5.41) is 5.02. The second kappa shape index (κ2) is 9.59. The van der Waals surface area contributed by atoms with E-state index in [1.165, 1.54) is 23.8 Å². The van der Waals surface area contributed by atoms with Crippen LogP contribution in [0.15, 0.2) is 72.8 Å². The van der Waals surface area contributed by atoms with Gasteiger partial charge in [-0.2, -0.15) is 0 Å². The standard InChI is InChI=1S/C23H20F2N2O2/c24-19-12-5-13-20(25)21(19)27-23(29)18-11-4-10-17(15-18)22(28)26-14-6-9-16-7-2-1-3-8-16/h1-5,7-8,10-13,15H,6,9,14H2,(H,26,28)(H,27,29). The van der Waals surface area contributed by atoms with Crippen LogP contribution in [0.25, 0.3) is 0 Å². The van der Waals surface area contributed by atoms with E-state index in [-0.39, 0.29) is 11.5 Å². The Morgan fingerprint density at radius 1 is 0.759 bits per heavy atom. The number of hydrogen-bond acceptors (Lipinski definition) is 2. The minimum absolute atomic E-state index is 0.129. The molecule has 0 aliphatic carbocycles. The van der Waals surface area contributed by atoms with E-state index < -0.39 is 23.2 Å². The van der Waals surface area contributed by atoms with Crippen molar-refractivity contribution in [3.63, 3.8) is 0 Å². The van der Waals surface area contributed by atoms with E-state index in [0.717, 1.165) is 25.0 Å². The van der Waals surface area contributed by atoms with Crippen molar-refractivity contribution in [2.24, 2.45) is 0 Å². The van der Waals surface area contributed by atoms with E-state index in [0.29, 0.717) is 12.1 Å². The summed E-state index contributed by atoms with van der Waals surface area (Å²) in [6.45, 7) is 0.491. The van der Waals surface area contributed by atoms with Crippen molar-refractivity contribution in [3.05, 3.63) is 101 Å². The van der Waals surface area contributed by atoms with Crippen LogP contribution in [0.4, 0.5) is 14.5 Å². The first kappa shape index (κ1) is 20.2. The number of nitrogens with one attached hydrogen (secondary N) is 2. The largest absolute Gasteiger partial charge is 0.352 e. The molecule has 29 heavy (non-hydrogen) atoms. The normalized spacial score (nSPS) is 10.4. The number of carbonyl (C=O) groups excluding carboxylic acids is 2. The third-order valence-corrected chi connectivity index (χ3v) is 4.36. The molecule has 0 radical (unpaired) electrons. The molecule has 3 rings (SSSR count). The number of carbonyl (C=O) groups is 2. The van der Waals surface area contributed by atoms with Crippen molar-refractivity contribution in [2.75, 3.05) is 11.9 Å². The minimum atomic E-state index is -0.870. The number of aryl methyl sites for hydroxylation is 1. The van der Waals surface area contributed by atoms with Crippen LogP contribution in [0.5, 0.6) is 0 Å². The lowest BCUT2D eigenvalue weighted by Crippen LogP contribution is -2.25. The smallest absolute Gasteiger partial charge is 0.255 e. The molecule has 0 bridgehead atoms. The van der Waals surface area contributed by atoms with E-state index >= 15 is 0 Å². The van der Waals surface area contributed by atoms with Gasteiger partial charge in [0.05, 0.1) is 0 Å². The second-order valence-electron chi connectivity index (χ2n) is 6.48. The molecule has 3 aromatic rings. The molecule has 2 N–H and O–H groups in total. The molecule has 148 valence electrons. The zero-order valence-electron chi connectivity index (χ0n) is 15.6. The number of halogens is 2. The Morgan fingerprint density at radius 3 is 2.07 bits per heavy atom. The molecule has 0 aliphatic rings. The van der Waals surface area contributed by atoms with Gasteiger partial charge in [-0.3, -0.25) is 9.59 Å². The molecular formula is C23H20F2N2O2. The molecule has 2 amide bonds. The van der Waals surface area contributed by atoms with Crippen LogP contribution in [0.1, 0.15) is 32.7 Å². The van der Waals surface area contributed by atoms with Gasteiger partial charge in [0.1, 0.15) is 17.3 Å². The fourth-order valence-electron chi connectivity index (χ4n) is 2.85. The number of para-hydroxylation sites is 1. The molecule has 0 atom stereocenters. The topological polar surface area (TPSA) is 58.2 Å². The van der Waals surface area contributed by atoms with E-state index in [4.69, 9.17) is 0 Å². The molecule has 0 aliphatic heterocycles. The summed E-state index contributed by atoms with van der Waals surface area (Å²) in [6.07, 6.45) is 1.63. The molecule has 0 saturated heterocycles. The molecule has 0 heterocycles. The summed E-state index contributed by atoms with van der Waals surface area (Å²) in [7, 11) is 0. The van der Waals surface area contributed by atoms with Crippen LogP contribution >= 0.6 is 0 Å². The van der Waals surface area contributed by atoms with Crippen molar-refractivity contribution in [3.8, 4) is 0 Å². The molecule has 0 spiro atoms. The van der Waals surface area contributed by atoms with Gasteiger partial charge in [-0.15, -0.1) is 0 Å². The summed E-state index contributed by atoms with van der Waals surface area (Å²) in [5.74, 6) is -2.76. The summed E-state index contributed by atoms with van der Waals surface area (Å²) < 4.78 is 27.4. The van der Waals surface area contributed by atoms with Gasteiger partial charge in [0, 0.05) is 17.7 Å². The third kappa shape index (κ3) is 5.48. The first-order valence-corrected chi connectivity index (χ1v) is 9.22. The van der Waals surface area contributed by atoms with Crippen LogP contribution in [-0.2, 0) is 6.42 Å². The highest BCUT2D eigenvalue weighted by Crippen LogP contribution is 2.19. The van der Waals surface area contributed by atoms with E-state index in [9.17, 15) is 18.4 Å². The van der Waals surface area contributed by atoms with Crippen LogP contribution in [0, 0.1) is 11.6 Å². The lowest BCUT2D eigenvalue weighted by molar-refractivity contribution is 0.0953. The highest BCUT2D eigenvalue weighted by Gasteiger charge is 2.15. The molecule has 6 heteroatoms. The van der Waals surface area contributed by atoms with Gasteiger partial charge in [0.15, 0.2) is 0 Å². The van der Waals surface area contributed by atoms with Crippen LogP contribution < -0.4 is 10.6 Å². The van der Waals surface area contributed by atoms with Crippen LogP contribution in [0.3, 0.4) is 0 Å². The fraction of sp³-hybridized carbons (Fsp3) is 0.130. The monoisotopic (exact) mass is 394 g/mol. The number of amides is 2. The molecule has 4 nitrogen and oxygen atoms in total. The first-order valence-electron chi connectivity index (χ1n) is 9.22. The maximum atomic E-state index is 13.7. The van der Waals surface area contributed by atoms with Crippen LogP contribution in [0.2, 0.25) is 0 Å². The van der Waals surface area contributed by atoms with Crippen molar-refractivity contribution in [1.29, 1.82) is 0 Å². The number of anilines is 1. The number of benzene rings is 3. The second-order valence-corrected chi connectivity index (χ2v) is 6.48. The Hall–Kier alpha value is -3.54. The van der Waals surface area contributed by atoms with Crippen molar-refractivity contribution >= 4 is 17.5 Å². The lowest BCUT2D eigenvalue weighted by atomic mass is 10.1. The molecule has 0 saturated carbocycles. The van der Waals surface area contributed by atoms with Crippen molar-refractivity contribution in [1.82, 2.24) is 5.32 Å².